The number of carbonyl (C=O) groups is 1. The number of hydrogen-bond acceptors (Lipinski definition) is 4. The van der Waals surface area contributed by atoms with Crippen LogP contribution in [0.15, 0.2) is 48.8 Å². The van der Waals surface area contributed by atoms with Gasteiger partial charge in [-0.25, -0.2) is 0 Å². The molecule has 1 fully saturated rings. The van der Waals surface area contributed by atoms with Gasteiger partial charge in [-0.1, -0.05) is 12.1 Å². The van der Waals surface area contributed by atoms with E-state index < -0.39 is 0 Å². The van der Waals surface area contributed by atoms with Crippen molar-refractivity contribution >= 4 is 11.6 Å². The normalized spacial score (nSPS) is 15.7. The van der Waals surface area contributed by atoms with Gasteiger partial charge in [-0.15, -0.1) is 0 Å². The highest BCUT2D eigenvalue weighted by molar-refractivity contribution is 5.92. The highest BCUT2D eigenvalue weighted by Crippen LogP contribution is 2.20. The number of nitrogens with zero attached hydrogens (tertiary/aromatic N) is 2. The van der Waals surface area contributed by atoms with E-state index in [1.807, 2.05) is 24.3 Å². The fourth-order valence-electron chi connectivity index (χ4n) is 3.18. The quantitative estimate of drug-likeness (QED) is 0.879. The van der Waals surface area contributed by atoms with E-state index in [4.69, 9.17) is 4.74 Å². The zero-order valence-electron chi connectivity index (χ0n) is 14.6. The molecule has 0 spiro atoms. The van der Waals surface area contributed by atoms with Crippen molar-refractivity contribution in [1.82, 2.24) is 9.88 Å². The van der Waals surface area contributed by atoms with Crippen molar-refractivity contribution in [3.8, 4) is 5.75 Å². The van der Waals surface area contributed by atoms with Gasteiger partial charge in [0.15, 0.2) is 0 Å². The third-order valence-electron chi connectivity index (χ3n) is 4.78. The van der Waals surface area contributed by atoms with Gasteiger partial charge in [0.2, 0.25) is 5.91 Å². The Morgan fingerprint density at radius 2 is 1.84 bits per heavy atom. The maximum absolute atomic E-state index is 12.4. The molecule has 0 atom stereocenters. The Morgan fingerprint density at radius 3 is 2.48 bits per heavy atom. The molecule has 5 nitrogen and oxygen atoms in total. The van der Waals surface area contributed by atoms with Crippen LogP contribution in [0.2, 0.25) is 0 Å². The van der Waals surface area contributed by atoms with Gasteiger partial charge in [0.1, 0.15) is 5.75 Å². The lowest BCUT2D eigenvalue weighted by Crippen LogP contribution is -2.39. The first-order valence-electron chi connectivity index (χ1n) is 8.81. The molecule has 2 aromatic rings. The Bertz CT molecular complexity index is 665. The number of ether oxygens (including phenoxy) is 1. The maximum atomic E-state index is 12.4. The summed E-state index contributed by atoms with van der Waals surface area (Å²) in [5.74, 6) is 1.12. The molecule has 1 aliphatic rings. The highest BCUT2D eigenvalue weighted by Gasteiger charge is 2.24. The molecule has 1 aromatic heterocycles. The van der Waals surface area contributed by atoms with E-state index in [0.29, 0.717) is 0 Å². The van der Waals surface area contributed by atoms with Gasteiger partial charge >= 0.3 is 0 Å². The van der Waals surface area contributed by atoms with E-state index in [1.54, 1.807) is 19.5 Å². The van der Waals surface area contributed by atoms with Crippen LogP contribution in [0.1, 0.15) is 18.4 Å². The summed E-state index contributed by atoms with van der Waals surface area (Å²) in [6.07, 6.45) is 6.24. The van der Waals surface area contributed by atoms with Crippen molar-refractivity contribution in [1.29, 1.82) is 0 Å². The molecule has 1 aliphatic heterocycles. The number of benzene rings is 1. The van der Waals surface area contributed by atoms with Crippen molar-refractivity contribution in [2.24, 2.45) is 5.92 Å². The van der Waals surface area contributed by atoms with Crippen LogP contribution in [0.25, 0.3) is 0 Å². The molecule has 0 saturated carbocycles. The highest BCUT2D eigenvalue weighted by atomic mass is 16.5. The Balaban J connectivity index is 1.41. The molecule has 132 valence electrons. The van der Waals surface area contributed by atoms with Crippen molar-refractivity contribution < 1.29 is 9.53 Å². The van der Waals surface area contributed by atoms with Gasteiger partial charge < -0.3 is 15.0 Å². The third kappa shape index (κ3) is 5.03. The van der Waals surface area contributed by atoms with E-state index in [-0.39, 0.29) is 11.8 Å². The fourth-order valence-corrected chi connectivity index (χ4v) is 3.18. The Labute approximate surface area is 149 Å². The smallest absolute Gasteiger partial charge is 0.227 e. The standard InChI is InChI=1S/C20H25N3O2/c1-25-19-4-2-16(3-5-19)8-13-23-14-9-17(10-15-23)20(24)22-18-6-11-21-12-7-18/h2-7,11-12,17H,8-10,13-15H2,1H3,(H,21,22,24). The minimum atomic E-state index is 0.102. The SMILES string of the molecule is COc1ccc(CCN2CCC(C(=O)Nc3ccncc3)CC2)cc1. The summed E-state index contributed by atoms with van der Waals surface area (Å²) in [5.41, 5.74) is 2.14. The summed E-state index contributed by atoms with van der Waals surface area (Å²) in [6, 6.07) is 11.9. The number of anilines is 1. The van der Waals surface area contributed by atoms with Crippen LogP contribution in [0.4, 0.5) is 5.69 Å². The third-order valence-corrected chi connectivity index (χ3v) is 4.78. The first-order chi connectivity index (χ1) is 12.2. The summed E-state index contributed by atoms with van der Waals surface area (Å²) in [5, 5.41) is 2.99. The monoisotopic (exact) mass is 339 g/mol. The van der Waals surface area contributed by atoms with Crippen LogP contribution in [0.5, 0.6) is 5.75 Å². The largest absolute Gasteiger partial charge is 0.497 e. The number of methoxy groups -OCH3 is 1. The van der Waals surface area contributed by atoms with Crippen LogP contribution >= 0.6 is 0 Å². The van der Waals surface area contributed by atoms with Crippen LogP contribution in [-0.2, 0) is 11.2 Å². The van der Waals surface area contributed by atoms with Gasteiger partial charge in [-0.05, 0) is 62.2 Å². The number of carbonyl (C=O) groups excluding carboxylic acids is 1. The lowest BCUT2D eigenvalue weighted by atomic mass is 9.95. The molecule has 1 amide bonds. The van der Waals surface area contributed by atoms with Crippen molar-refractivity contribution in [2.45, 2.75) is 19.3 Å². The first-order valence-corrected chi connectivity index (χ1v) is 8.81. The number of hydrogen-bond donors (Lipinski definition) is 1. The Kier molecular flexibility index (Phi) is 6.01. The minimum absolute atomic E-state index is 0.102. The number of pyridine rings is 1. The van der Waals surface area contributed by atoms with Gasteiger partial charge in [-0.2, -0.15) is 0 Å². The Morgan fingerprint density at radius 1 is 1.16 bits per heavy atom. The number of likely N-dealkylation sites (tertiary alicyclic amines) is 1. The van der Waals surface area contributed by atoms with Crippen LogP contribution in [-0.4, -0.2) is 42.5 Å². The fraction of sp³-hybridized carbons (Fsp3) is 0.400. The maximum Gasteiger partial charge on any atom is 0.227 e. The van der Waals surface area contributed by atoms with E-state index in [1.165, 1.54) is 5.56 Å². The van der Waals surface area contributed by atoms with E-state index >= 15 is 0 Å². The second-order valence-electron chi connectivity index (χ2n) is 6.44. The van der Waals surface area contributed by atoms with Crippen LogP contribution in [0.3, 0.4) is 0 Å². The predicted molar refractivity (Wildman–Crippen MR) is 98.7 cm³/mol. The van der Waals surface area contributed by atoms with E-state index in [0.717, 1.165) is 50.3 Å². The first kappa shape index (κ1) is 17.4. The van der Waals surface area contributed by atoms with Crippen LogP contribution in [0, 0.1) is 5.92 Å². The molecule has 1 aromatic carbocycles. The molecule has 3 rings (SSSR count). The molecule has 5 heteroatoms. The second-order valence-corrected chi connectivity index (χ2v) is 6.44. The molecule has 1 saturated heterocycles. The molecule has 0 radical (unpaired) electrons. The van der Waals surface area contributed by atoms with Gasteiger partial charge in [-0.3, -0.25) is 9.78 Å². The lowest BCUT2D eigenvalue weighted by Gasteiger charge is -2.31. The van der Waals surface area contributed by atoms with Gasteiger partial charge in [0, 0.05) is 30.5 Å². The van der Waals surface area contributed by atoms with Crippen molar-refractivity contribution in [3.05, 3.63) is 54.4 Å². The molecule has 1 N–H and O–H groups in total. The molecular weight excluding hydrogens is 314 g/mol. The second kappa shape index (κ2) is 8.62. The molecular formula is C20H25N3O2. The molecule has 0 bridgehead atoms. The molecule has 2 heterocycles. The summed E-state index contributed by atoms with van der Waals surface area (Å²) in [7, 11) is 1.68. The van der Waals surface area contributed by atoms with E-state index in [9.17, 15) is 4.79 Å². The number of aromatic nitrogens is 1. The average Bonchev–Trinajstić information content (AvgIpc) is 2.68. The zero-order valence-corrected chi connectivity index (χ0v) is 14.6. The van der Waals surface area contributed by atoms with Crippen molar-refractivity contribution in [2.75, 3.05) is 32.1 Å². The topological polar surface area (TPSA) is 54.5 Å². The summed E-state index contributed by atoms with van der Waals surface area (Å²) >= 11 is 0. The molecule has 0 aliphatic carbocycles. The van der Waals surface area contributed by atoms with Crippen LogP contribution < -0.4 is 10.1 Å². The number of amides is 1. The van der Waals surface area contributed by atoms with Gasteiger partial charge in [0.05, 0.1) is 7.11 Å². The number of rotatable bonds is 6. The number of nitrogens with one attached hydrogen (secondary N) is 1. The van der Waals surface area contributed by atoms with Gasteiger partial charge in [0.25, 0.3) is 0 Å². The summed E-state index contributed by atoms with van der Waals surface area (Å²) in [6.45, 7) is 2.99. The molecule has 0 unspecified atom stereocenters. The Hall–Kier alpha value is -2.40. The lowest BCUT2D eigenvalue weighted by molar-refractivity contribution is -0.121. The number of piperidine rings is 1. The average molecular weight is 339 g/mol. The molecule has 25 heavy (non-hydrogen) atoms. The summed E-state index contributed by atoms with van der Waals surface area (Å²) < 4.78 is 5.19. The van der Waals surface area contributed by atoms with Crippen molar-refractivity contribution in [3.63, 3.8) is 0 Å². The summed E-state index contributed by atoms with van der Waals surface area (Å²) in [4.78, 5) is 18.8. The van der Waals surface area contributed by atoms with E-state index in [2.05, 4.69) is 27.3 Å². The predicted octanol–water partition coefficient (Wildman–Crippen LogP) is 2.98. The zero-order chi connectivity index (χ0) is 17.5. The minimum Gasteiger partial charge on any atom is -0.497 e.